The van der Waals surface area contributed by atoms with E-state index in [1.54, 1.807) is 0 Å². The molecule has 0 radical (unpaired) electrons. The molecular weight excluding hydrogens is 763 g/mol. The highest BCUT2D eigenvalue weighted by molar-refractivity contribution is 6.94. The molecular formula is C59H59BN2O. The van der Waals surface area contributed by atoms with Crippen molar-refractivity contribution in [2.75, 3.05) is 9.71 Å². The second-order valence-corrected chi connectivity index (χ2v) is 22.2. The van der Waals surface area contributed by atoms with Crippen molar-refractivity contribution in [3.8, 4) is 22.3 Å². The van der Waals surface area contributed by atoms with E-state index in [1.807, 2.05) is 0 Å². The van der Waals surface area contributed by atoms with Crippen LogP contribution < -0.4 is 20.6 Å². The van der Waals surface area contributed by atoms with Gasteiger partial charge >= 0.3 is 6.85 Å². The van der Waals surface area contributed by atoms with Gasteiger partial charge in [-0.3, -0.25) is 0 Å². The average Bonchev–Trinajstić information content (AvgIpc) is 3.64. The molecule has 4 heteroatoms. The van der Waals surface area contributed by atoms with Gasteiger partial charge in [0, 0.05) is 39.0 Å². The number of anilines is 5. The molecule has 8 aromatic rings. The molecule has 0 saturated carbocycles. The number of furan rings is 1. The van der Waals surface area contributed by atoms with Crippen LogP contribution in [0.5, 0.6) is 0 Å². The lowest BCUT2D eigenvalue weighted by Crippen LogP contribution is -2.61. The van der Waals surface area contributed by atoms with Gasteiger partial charge in [-0.25, -0.2) is 0 Å². The molecule has 1 aromatic heterocycles. The Labute approximate surface area is 374 Å². The van der Waals surface area contributed by atoms with Crippen molar-refractivity contribution >= 4 is 68.1 Å². The van der Waals surface area contributed by atoms with Crippen LogP contribution in [0.15, 0.2) is 138 Å². The summed E-state index contributed by atoms with van der Waals surface area (Å²) in [5.41, 5.74) is 22.3. The number of nitrogens with zero attached hydrogens (tertiary/aromatic N) is 2. The first kappa shape index (κ1) is 39.8. The van der Waals surface area contributed by atoms with Crippen LogP contribution in [0.1, 0.15) is 110 Å². The molecule has 3 heterocycles. The topological polar surface area (TPSA) is 19.6 Å². The van der Waals surface area contributed by atoms with Gasteiger partial charge in [-0.05, 0) is 140 Å². The van der Waals surface area contributed by atoms with Gasteiger partial charge in [0.2, 0.25) is 0 Å². The van der Waals surface area contributed by atoms with Crippen LogP contribution in [0.25, 0.3) is 44.2 Å². The smallest absolute Gasteiger partial charge is 0.333 e. The summed E-state index contributed by atoms with van der Waals surface area (Å²) in [5.74, 6) is 0. The number of hydrogen-bond acceptors (Lipinski definition) is 3. The molecule has 1 aliphatic carbocycles. The summed E-state index contributed by atoms with van der Waals surface area (Å²) >= 11 is 0. The van der Waals surface area contributed by atoms with E-state index in [0.717, 1.165) is 39.7 Å². The Balaban J connectivity index is 1.30. The maximum Gasteiger partial charge on any atom is 0.333 e. The maximum atomic E-state index is 7.14. The molecule has 0 saturated heterocycles. The fourth-order valence-corrected chi connectivity index (χ4v) is 11.1. The Kier molecular flexibility index (Phi) is 8.54. The molecule has 0 fully saturated rings. The molecule has 0 N–H and O–H groups in total. The van der Waals surface area contributed by atoms with Crippen LogP contribution in [0.4, 0.5) is 28.4 Å². The molecule has 11 rings (SSSR count). The molecule has 7 aromatic carbocycles. The number of aryl methyl sites for hydroxylation is 1. The summed E-state index contributed by atoms with van der Waals surface area (Å²) in [6, 6.07) is 51.0. The van der Waals surface area contributed by atoms with Gasteiger partial charge in [0.1, 0.15) is 5.58 Å². The Morgan fingerprint density at radius 1 is 0.556 bits per heavy atom. The highest BCUT2D eigenvalue weighted by atomic mass is 16.3. The highest BCUT2D eigenvalue weighted by Gasteiger charge is 2.48. The second-order valence-electron chi connectivity index (χ2n) is 22.2. The van der Waals surface area contributed by atoms with E-state index in [-0.39, 0.29) is 28.5 Å². The first-order valence-electron chi connectivity index (χ1n) is 23.1. The van der Waals surface area contributed by atoms with Gasteiger partial charge in [0.05, 0.1) is 11.4 Å². The van der Waals surface area contributed by atoms with Crippen LogP contribution in [0.2, 0.25) is 0 Å². The third-order valence-corrected chi connectivity index (χ3v) is 14.9. The first-order chi connectivity index (χ1) is 29.9. The number of rotatable bonds is 3. The van der Waals surface area contributed by atoms with Crippen LogP contribution in [-0.4, -0.2) is 6.85 Å². The van der Waals surface area contributed by atoms with Crippen molar-refractivity contribution < 1.29 is 4.42 Å². The normalized spacial score (nSPS) is 16.2. The van der Waals surface area contributed by atoms with Crippen LogP contribution in [-0.2, 0) is 21.7 Å². The molecule has 63 heavy (non-hydrogen) atoms. The van der Waals surface area contributed by atoms with Gasteiger partial charge < -0.3 is 14.1 Å². The predicted molar refractivity (Wildman–Crippen MR) is 270 cm³/mol. The zero-order chi connectivity index (χ0) is 44.0. The number of fused-ring (bicyclic) bond motifs is 9. The van der Waals surface area contributed by atoms with E-state index in [0.29, 0.717) is 0 Å². The van der Waals surface area contributed by atoms with E-state index in [2.05, 4.69) is 219 Å². The summed E-state index contributed by atoms with van der Waals surface area (Å²) in [5, 5.41) is 2.27. The van der Waals surface area contributed by atoms with Crippen molar-refractivity contribution in [2.45, 2.75) is 111 Å². The summed E-state index contributed by atoms with van der Waals surface area (Å²) in [4.78, 5) is 5.26. The minimum atomic E-state index is -0.126. The van der Waals surface area contributed by atoms with Crippen LogP contribution in [0.3, 0.4) is 0 Å². The van der Waals surface area contributed by atoms with E-state index in [4.69, 9.17) is 4.42 Å². The number of para-hydroxylation sites is 1. The molecule has 0 unspecified atom stereocenters. The minimum Gasteiger partial charge on any atom is -0.454 e. The molecule has 0 amide bonds. The summed E-state index contributed by atoms with van der Waals surface area (Å²) in [7, 11) is 0. The number of benzene rings is 7. The SMILES string of the molecule is Cc1cc2c3c(c1)N(c1ccc(C(C)(C)C)cc1-c1ccccc1)c1c(ccc4c1oc1ccccc14)B3N(c1ccc(C(C)(C)C)cc1)c1cc3c(cc1-2)C(C)(C)CCC3(C)C. The summed E-state index contributed by atoms with van der Waals surface area (Å²) < 4.78 is 7.14. The van der Waals surface area contributed by atoms with E-state index < -0.39 is 0 Å². The molecule has 3 nitrogen and oxygen atoms in total. The summed E-state index contributed by atoms with van der Waals surface area (Å²) in [6.07, 6.45) is 2.33. The van der Waals surface area contributed by atoms with Gasteiger partial charge in [-0.2, -0.15) is 0 Å². The first-order valence-corrected chi connectivity index (χ1v) is 23.1. The Morgan fingerprint density at radius 3 is 1.90 bits per heavy atom. The minimum absolute atomic E-state index is 0.0320. The van der Waals surface area contributed by atoms with Crippen molar-refractivity contribution in [2.24, 2.45) is 0 Å². The quantitative estimate of drug-likeness (QED) is 0.166. The monoisotopic (exact) mass is 822 g/mol. The van der Waals surface area contributed by atoms with E-state index in [1.165, 1.54) is 84.5 Å². The third kappa shape index (κ3) is 6.07. The largest absolute Gasteiger partial charge is 0.454 e. The van der Waals surface area contributed by atoms with Gasteiger partial charge in [-0.1, -0.05) is 154 Å². The van der Waals surface area contributed by atoms with Crippen LogP contribution in [0, 0.1) is 6.92 Å². The number of hydrogen-bond donors (Lipinski definition) is 0. The molecule has 0 atom stereocenters. The summed E-state index contributed by atoms with van der Waals surface area (Å²) in [6.45, 7) is 25.8. The lowest BCUT2D eigenvalue weighted by Gasteiger charge is -2.48. The van der Waals surface area contributed by atoms with E-state index in [9.17, 15) is 0 Å². The second kappa shape index (κ2) is 13.5. The molecule has 0 spiro atoms. The molecule has 314 valence electrons. The zero-order valence-electron chi connectivity index (χ0n) is 39.0. The van der Waals surface area contributed by atoms with Crippen molar-refractivity contribution in [1.29, 1.82) is 0 Å². The Morgan fingerprint density at radius 2 is 1.21 bits per heavy atom. The third-order valence-electron chi connectivity index (χ3n) is 14.9. The van der Waals surface area contributed by atoms with Crippen molar-refractivity contribution in [3.63, 3.8) is 0 Å². The Bertz CT molecular complexity index is 3160. The van der Waals surface area contributed by atoms with Gasteiger partial charge in [-0.15, -0.1) is 0 Å². The Hall–Kier alpha value is -6.00. The molecule has 0 bridgehead atoms. The average molecular weight is 823 g/mol. The standard InChI is InChI=1S/C59H59BN2O/c1-36-31-45-44-34-46-47(59(10,11)30-29-58(46,8)9)35-50(44)62(40-24-21-38(22-25-40)56(2,3)4)60-48-27-26-42-41-19-15-16-20-52(41)63-55(42)54(48)61(51(32-36)53(45)60)49-28-23-39(57(5,6)7)33-43(49)37-17-13-12-14-18-37/h12-28,31-35H,29-30H2,1-11H3. The van der Waals surface area contributed by atoms with Gasteiger partial charge in [0.15, 0.2) is 5.58 Å². The van der Waals surface area contributed by atoms with Gasteiger partial charge in [0.25, 0.3) is 0 Å². The fourth-order valence-electron chi connectivity index (χ4n) is 11.1. The van der Waals surface area contributed by atoms with Crippen molar-refractivity contribution in [3.05, 3.63) is 161 Å². The predicted octanol–water partition coefficient (Wildman–Crippen LogP) is 15.2. The molecule has 3 aliphatic rings. The fraction of sp³-hybridized carbons (Fsp3) is 0.288. The van der Waals surface area contributed by atoms with Crippen molar-refractivity contribution in [1.82, 2.24) is 0 Å². The maximum absolute atomic E-state index is 7.14. The van der Waals surface area contributed by atoms with Crippen LogP contribution >= 0.6 is 0 Å². The molecule has 2 aliphatic heterocycles. The highest BCUT2D eigenvalue weighted by Crippen LogP contribution is 2.55. The van der Waals surface area contributed by atoms with E-state index >= 15 is 0 Å². The zero-order valence-corrected chi connectivity index (χ0v) is 39.0. The lowest BCUT2D eigenvalue weighted by molar-refractivity contribution is 0.332. The lowest BCUT2D eigenvalue weighted by atomic mass is 9.43.